The van der Waals surface area contributed by atoms with E-state index < -0.39 is 0 Å². The summed E-state index contributed by atoms with van der Waals surface area (Å²) in [6, 6.07) is 15.2. The summed E-state index contributed by atoms with van der Waals surface area (Å²) in [5, 5.41) is 3.21. The van der Waals surface area contributed by atoms with Crippen molar-refractivity contribution >= 4 is 41.3 Å². The van der Waals surface area contributed by atoms with Crippen LogP contribution in [0.1, 0.15) is 29.5 Å². The SMILES string of the molecule is CN(C)c1ccc(CCCN=C(N)Nc2ccc3c(c2)CCC3)cc1.I. The molecule has 0 heterocycles. The van der Waals surface area contributed by atoms with E-state index in [1.54, 1.807) is 0 Å². The first kappa shape index (κ1) is 20.6. The summed E-state index contributed by atoms with van der Waals surface area (Å²) in [6.45, 7) is 0.735. The summed E-state index contributed by atoms with van der Waals surface area (Å²) >= 11 is 0. The first-order valence-corrected chi connectivity index (χ1v) is 9.07. The first-order valence-electron chi connectivity index (χ1n) is 9.07. The number of nitrogens with zero attached hydrogens (tertiary/aromatic N) is 2. The van der Waals surface area contributed by atoms with Gasteiger partial charge in [0.25, 0.3) is 0 Å². The van der Waals surface area contributed by atoms with E-state index in [0.29, 0.717) is 5.96 Å². The van der Waals surface area contributed by atoms with Gasteiger partial charge in [-0.25, -0.2) is 0 Å². The lowest BCUT2D eigenvalue weighted by Gasteiger charge is -2.12. The number of halogens is 1. The maximum atomic E-state index is 6.02. The Labute approximate surface area is 173 Å². The summed E-state index contributed by atoms with van der Waals surface area (Å²) in [5.74, 6) is 0.501. The van der Waals surface area contributed by atoms with E-state index >= 15 is 0 Å². The second kappa shape index (κ2) is 9.80. The molecule has 5 heteroatoms. The molecule has 0 aliphatic heterocycles. The van der Waals surface area contributed by atoms with Crippen LogP contribution in [0, 0.1) is 0 Å². The van der Waals surface area contributed by atoms with Gasteiger partial charge >= 0.3 is 0 Å². The number of hydrogen-bond donors (Lipinski definition) is 2. The zero-order chi connectivity index (χ0) is 17.6. The lowest BCUT2D eigenvalue weighted by molar-refractivity contribution is 0.832. The van der Waals surface area contributed by atoms with Crippen molar-refractivity contribution in [3.63, 3.8) is 0 Å². The van der Waals surface area contributed by atoms with Crippen LogP contribution in [-0.2, 0) is 19.3 Å². The highest BCUT2D eigenvalue weighted by Gasteiger charge is 2.10. The third kappa shape index (κ3) is 5.62. The third-order valence-electron chi connectivity index (χ3n) is 4.73. The van der Waals surface area contributed by atoms with Gasteiger partial charge < -0.3 is 16.0 Å². The van der Waals surface area contributed by atoms with Crippen LogP contribution in [0.4, 0.5) is 11.4 Å². The molecule has 0 radical (unpaired) electrons. The van der Waals surface area contributed by atoms with Crippen LogP contribution < -0.4 is 16.0 Å². The Bertz CT molecular complexity index is 738. The summed E-state index contributed by atoms with van der Waals surface area (Å²) in [4.78, 5) is 6.56. The molecular formula is C21H29IN4. The number of rotatable bonds is 6. The largest absolute Gasteiger partial charge is 0.378 e. The number of benzene rings is 2. The molecule has 0 fully saturated rings. The van der Waals surface area contributed by atoms with Crippen LogP contribution in [0.25, 0.3) is 0 Å². The summed E-state index contributed by atoms with van der Waals surface area (Å²) in [5.41, 5.74) is 12.5. The topological polar surface area (TPSA) is 53.6 Å². The van der Waals surface area contributed by atoms with Crippen LogP contribution in [0.5, 0.6) is 0 Å². The molecule has 2 aromatic rings. The van der Waals surface area contributed by atoms with Gasteiger partial charge in [0, 0.05) is 32.0 Å². The van der Waals surface area contributed by atoms with Crippen LogP contribution in [-0.4, -0.2) is 26.6 Å². The second-order valence-electron chi connectivity index (χ2n) is 6.89. The molecule has 0 amide bonds. The minimum Gasteiger partial charge on any atom is -0.378 e. The molecule has 0 atom stereocenters. The number of fused-ring (bicyclic) bond motifs is 1. The van der Waals surface area contributed by atoms with Crippen LogP contribution in [0.15, 0.2) is 47.5 Å². The lowest BCUT2D eigenvalue weighted by atomic mass is 10.1. The minimum absolute atomic E-state index is 0. The highest BCUT2D eigenvalue weighted by Crippen LogP contribution is 2.24. The van der Waals surface area contributed by atoms with Crippen molar-refractivity contribution < 1.29 is 0 Å². The Kier molecular flexibility index (Phi) is 7.75. The maximum Gasteiger partial charge on any atom is 0.193 e. The molecule has 26 heavy (non-hydrogen) atoms. The summed E-state index contributed by atoms with van der Waals surface area (Å²) in [6.07, 6.45) is 5.65. The Morgan fingerprint density at radius 1 is 1.08 bits per heavy atom. The first-order chi connectivity index (χ1) is 12.1. The number of hydrogen-bond acceptors (Lipinski definition) is 2. The third-order valence-corrected chi connectivity index (χ3v) is 4.73. The minimum atomic E-state index is 0. The number of nitrogens with one attached hydrogen (secondary N) is 1. The Morgan fingerprint density at radius 3 is 2.54 bits per heavy atom. The van der Waals surface area contributed by atoms with Crippen LogP contribution in [0.2, 0.25) is 0 Å². The van der Waals surface area contributed by atoms with Crippen molar-refractivity contribution in [3.8, 4) is 0 Å². The zero-order valence-corrected chi connectivity index (χ0v) is 18.0. The molecule has 4 nitrogen and oxygen atoms in total. The fraction of sp³-hybridized carbons (Fsp3) is 0.381. The number of aliphatic imine (C=N–C) groups is 1. The van der Waals surface area contributed by atoms with Crippen molar-refractivity contribution in [2.45, 2.75) is 32.1 Å². The Morgan fingerprint density at radius 2 is 1.81 bits per heavy atom. The van der Waals surface area contributed by atoms with Gasteiger partial charge in [-0.1, -0.05) is 18.2 Å². The molecule has 0 bridgehead atoms. The molecule has 3 rings (SSSR count). The molecule has 0 saturated carbocycles. The van der Waals surface area contributed by atoms with E-state index in [1.807, 2.05) is 0 Å². The van der Waals surface area contributed by atoms with Crippen molar-refractivity contribution in [2.75, 3.05) is 30.9 Å². The van der Waals surface area contributed by atoms with Crippen molar-refractivity contribution in [1.29, 1.82) is 0 Å². The van der Waals surface area contributed by atoms with Crippen LogP contribution in [0.3, 0.4) is 0 Å². The lowest BCUT2D eigenvalue weighted by Crippen LogP contribution is -2.23. The molecule has 1 aliphatic rings. The molecule has 1 aliphatic carbocycles. The number of nitrogens with two attached hydrogens (primary N) is 1. The van der Waals surface area contributed by atoms with Gasteiger partial charge in [-0.05, 0) is 73.1 Å². The molecule has 0 saturated heterocycles. The summed E-state index contributed by atoms with van der Waals surface area (Å²) < 4.78 is 0. The Balaban J connectivity index is 0.00000243. The van der Waals surface area contributed by atoms with Gasteiger partial charge in [-0.3, -0.25) is 4.99 Å². The molecule has 3 N–H and O–H groups in total. The monoisotopic (exact) mass is 464 g/mol. The number of anilines is 2. The van der Waals surface area contributed by atoms with Crippen molar-refractivity contribution in [3.05, 3.63) is 59.2 Å². The molecule has 0 spiro atoms. The zero-order valence-electron chi connectivity index (χ0n) is 15.7. The number of guanidine groups is 1. The van der Waals surface area contributed by atoms with Gasteiger partial charge in [0.15, 0.2) is 5.96 Å². The molecule has 140 valence electrons. The van der Waals surface area contributed by atoms with Crippen LogP contribution >= 0.6 is 24.0 Å². The van der Waals surface area contributed by atoms with E-state index in [4.69, 9.17) is 5.73 Å². The highest BCUT2D eigenvalue weighted by atomic mass is 127. The molecule has 0 aromatic heterocycles. The van der Waals surface area contributed by atoms with Gasteiger partial charge in [0.1, 0.15) is 0 Å². The quantitative estimate of drug-likeness (QED) is 0.291. The van der Waals surface area contributed by atoms with E-state index in [0.717, 1.165) is 25.1 Å². The second-order valence-corrected chi connectivity index (χ2v) is 6.89. The smallest absolute Gasteiger partial charge is 0.193 e. The highest BCUT2D eigenvalue weighted by molar-refractivity contribution is 14.0. The average Bonchev–Trinajstić information content (AvgIpc) is 3.07. The van der Waals surface area contributed by atoms with Crippen molar-refractivity contribution in [2.24, 2.45) is 10.7 Å². The number of aryl methyl sites for hydroxylation is 3. The molecule has 2 aromatic carbocycles. The standard InChI is InChI=1S/C21H28N4.HI/c1-25(2)20-12-8-16(9-13-20)5-4-14-23-21(22)24-19-11-10-17-6-3-7-18(17)15-19;/h8-13,15H,3-7,14H2,1-2H3,(H3,22,23,24);1H. The van der Waals surface area contributed by atoms with Crippen molar-refractivity contribution in [1.82, 2.24) is 0 Å². The Hall–Kier alpha value is -1.76. The molecule has 0 unspecified atom stereocenters. The fourth-order valence-corrected chi connectivity index (χ4v) is 3.28. The van der Waals surface area contributed by atoms with Gasteiger partial charge in [-0.2, -0.15) is 0 Å². The van der Waals surface area contributed by atoms with E-state index in [1.165, 1.54) is 41.6 Å². The van der Waals surface area contributed by atoms with E-state index in [2.05, 4.69) is 71.8 Å². The normalized spacial score (nSPS) is 13.1. The van der Waals surface area contributed by atoms with E-state index in [9.17, 15) is 0 Å². The van der Waals surface area contributed by atoms with Gasteiger partial charge in [0.05, 0.1) is 0 Å². The van der Waals surface area contributed by atoms with Gasteiger partial charge in [-0.15, -0.1) is 24.0 Å². The van der Waals surface area contributed by atoms with Gasteiger partial charge in [0.2, 0.25) is 0 Å². The fourth-order valence-electron chi connectivity index (χ4n) is 3.28. The maximum absolute atomic E-state index is 6.02. The summed E-state index contributed by atoms with van der Waals surface area (Å²) in [7, 11) is 4.11. The molecular weight excluding hydrogens is 435 g/mol. The van der Waals surface area contributed by atoms with E-state index in [-0.39, 0.29) is 24.0 Å². The average molecular weight is 464 g/mol. The predicted molar refractivity (Wildman–Crippen MR) is 123 cm³/mol. The predicted octanol–water partition coefficient (Wildman–Crippen LogP) is 4.22.